The number of aromatic nitrogens is 1. The van der Waals surface area contributed by atoms with Gasteiger partial charge in [-0.1, -0.05) is 12.8 Å². The van der Waals surface area contributed by atoms with E-state index >= 15 is 0 Å². The Balaban J connectivity index is 2.29. The highest BCUT2D eigenvalue weighted by Crippen LogP contribution is 2.39. The molecule has 0 amide bonds. The minimum Gasteiger partial charge on any atom is -0.317 e. The quantitative estimate of drug-likeness (QED) is 0.830. The first-order chi connectivity index (χ1) is 9.02. The summed E-state index contributed by atoms with van der Waals surface area (Å²) in [6, 6.07) is 1.39. The second kappa shape index (κ2) is 5.90. The van der Waals surface area contributed by atoms with Crippen molar-refractivity contribution in [1.29, 1.82) is 0 Å². The zero-order chi connectivity index (χ0) is 13.9. The van der Waals surface area contributed by atoms with Crippen molar-refractivity contribution in [1.82, 2.24) is 10.3 Å². The van der Waals surface area contributed by atoms with Gasteiger partial charge >= 0.3 is 6.18 Å². The molecule has 0 aliphatic heterocycles. The monoisotopic (exact) mass is 272 g/mol. The minimum atomic E-state index is -4.29. The third-order valence-corrected chi connectivity index (χ3v) is 3.93. The van der Waals surface area contributed by atoms with E-state index in [4.69, 9.17) is 0 Å². The highest BCUT2D eigenvalue weighted by atomic mass is 19.4. The molecule has 19 heavy (non-hydrogen) atoms. The van der Waals surface area contributed by atoms with Gasteiger partial charge in [0, 0.05) is 18.4 Å². The molecule has 1 fully saturated rings. The summed E-state index contributed by atoms with van der Waals surface area (Å²) in [6.07, 6.45) is 2.98. The summed E-state index contributed by atoms with van der Waals surface area (Å²) in [5, 5.41) is 3.20. The maximum atomic E-state index is 13.0. The largest absolute Gasteiger partial charge is 0.416 e. The van der Waals surface area contributed by atoms with E-state index < -0.39 is 11.7 Å². The van der Waals surface area contributed by atoms with Gasteiger partial charge in [0.15, 0.2) is 0 Å². The van der Waals surface area contributed by atoms with Crippen molar-refractivity contribution < 1.29 is 13.2 Å². The van der Waals surface area contributed by atoms with Gasteiger partial charge in [0.2, 0.25) is 0 Å². The molecule has 2 atom stereocenters. The molecular formula is C14H19F3N2. The van der Waals surface area contributed by atoms with E-state index in [1.54, 1.807) is 0 Å². The number of nitrogens with zero attached hydrogens (tertiary/aromatic N) is 1. The Labute approximate surface area is 111 Å². The number of nitrogens with one attached hydrogen (secondary N) is 1. The Morgan fingerprint density at radius 3 is 2.68 bits per heavy atom. The van der Waals surface area contributed by atoms with E-state index in [0.29, 0.717) is 11.6 Å². The average Bonchev–Trinajstić information content (AvgIpc) is 2.63. The molecule has 1 aromatic rings. The number of pyridine rings is 1. The second-order valence-corrected chi connectivity index (χ2v) is 5.16. The Morgan fingerprint density at radius 1 is 1.26 bits per heavy atom. The molecule has 2 rings (SSSR count). The molecule has 1 saturated carbocycles. The fourth-order valence-corrected chi connectivity index (χ4v) is 2.90. The summed E-state index contributed by atoms with van der Waals surface area (Å²) in [6.45, 7) is 0. The van der Waals surface area contributed by atoms with Crippen LogP contribution in [0.4, 0.5) is 13.2 Å². The van der Waals surface area contributed by atoms with Crippen molar-refractivity contribution in [2.45, 2.75) is 50.2 Å². The highest BCUT2D eigenvalue weighted by Gasteiger charge is 2.35. The number of hydrogen-bond donors (Lipinski definition) is 1. The lowest BCUT2D eigenvalue weighted by Crippen LogP contribution is -2.26. The summed E-state index contributed by atoms with van der Waals surface area (Å²) in [4.78, 5) is 3.90. The molecule has 2 nitrogen and oxygen atoms in total. The number of hydrogen-bond acceptors (Lipinski definition) is 2. The van der Waals surface area contributed by atoms with Crippen LogP contribution in [0, 0.1) is 0 Å². The molecule has 1 heterocycles. The summed E-state index contributed by atoms with van der Waals surface area (Å²) < 4.78 is 39.1. The first-order valence-corrected chi connectivity index (χ1v) is 6.70. The van der Waals surface area contributed by atoms with E-state index in [9.17, 15) is 13.2 Å². The molecule has 106 valence electrons. The zero-order valence-electron chi connectivity index (χ0n) is 11.0. The van der Waals surface area contributed by atoms with Gasteiger partial charge in [0.05, 0.1) is 5.56 Å². The topological polar surface area (TPSA) is 24.9 Å². The minimum absolute atomic E-state index is 0.0507. The molecule has 0 radical (unpaired) electrons. The molecule has 0 aromatic carbocycles. The summed E-state index contributed by atoms with van der Waals surface area (Å²) in [5.41, 5.74) is -0.165. The van der Waals surface area contributed by atoms with Gasteiger partial charge in [0.25, 0.3) is 0 Å². The summed E-state index contributed by atoms with van der Waals surface area (Å²) >= 11 is 0. The first kappa shape index (κ1) is 14.3. The normalized spacial score (nSPS) is 25.1. The lowest BCUT2D eigenvalue weighted by Gasteiger charge is -2.22. The Hall–Kier alpha value is -1.10. The van der Waals surface area contributed by atoms with Crippen LogP contribution < -0.4 is 5.32 Å². The summed E-state index contributed by atoms with van der Waals surface area (Å²) in [5.74, 6) is -0.0507. The number of alkyl halides is 3. The van der Waals surface area contributed by atoms with Crippen LogP contribution in [0.3, 0.4) is 0 Å². The van der Waals surface area contributed by atoms with E-state index in [2.05, 4.69) is 10.3 Å². The number of halogens is 3. The lowest BCUT2D eigenvalue weighted by molar-refractivity contribution is -0.138. The molecule has 5 heteroatoms. The third kappa shape index (κ3) is 3.47. The van der Waals surface area contributed by atoms with Gasteiger partial charge in [-0.3, -0.25) is 4.98 Å². The predicted molar refractivity (Wildman–Crippen MR) is 67.9 cm³/mol. The molecule has 1 aromatic heterocycles. The van der Waals surface area contributed by atoms with Gasteiger partial charge < -0.3 is 5.32 Å². The van der Waals surface area contributed by atoms with Gasteiger partial charge in [-0.15, -0.1) is 0 Å². The zero-order valence-corrected chi connectivity index (χ0v) is 11.0. The van der Waals surface area contributed by atoms with E-state index in [-0.39, 0.29) is 5.92 Å². The molecule has 1 aliphatic carbocycles. The van der Waals surface area contributed by atoms with Crippen molar-refractivity contribution in [2.75, 3.05) is 7.05 Å². The van der Waals surface area contributed by atoms with Crippen molar-refractivity contribution in [2.24, 2.45) is 0 Å². The smallest absolute Gasteiger partial charge is 0.317 e. The standard InChI is InChI=1S/C14H19F3N2/c1-18-11-5-3-2-4-10(8-11)12-9-19-7-6-13(12)14(15,16)17/h6-7,9-11,18H,2-5,8H2,1H3. The van der Waals surface area contributed by atoms with Gasteiger partial charge in [0.1, 0.15) is 0 Å². The molecule has 0 bridgehead atoms. The average molecular weight is 272 g/mol. The van der Waals surface area contributed by atoms with Crippen molar-refractivity contribution in [3.8, 4) is 0 Å². The molecule has 1 N–H and O–H groups in total. The number of rotatable bonds is 2. The molecule has 1 aliphatic rings. The van der Waals surface area contributed by atoms with Crippen LogP contribution in [0.5, 0.6) is 0 Å². The highest BCUT2D eigenvalue weighted by molar-refractivity contribution is 5.30. The fraction of sp³-hybridized carbons (Fsp3) is 0.643. The first-order valence-electron chi connectivity index (χ1n) is 6.70. The van der Waals surface area contributed by atoms with Gasteiger partial charge in [-0.2, -0.15) is 13.2 Å². The Kier molecular flexibility index (Phi) is 4.45. The maximum Gasteiger partial charge on any atom is 0.416 e. The van der Waals surface area contributed by atoms with Crippen molar-refractivity contribution in [3.05, 3.63) is 29.6 Å². The molecular weight excluding hydrogens is 253 g/mol. The van der Waals surface area contributed by atoms with Crippen LogP contribution >= 0.6 is 0 Å². The maximum absolute atomic E-state index is 13.0. The predicted octanol–water partition coefficient (Wildman–Crippen LogP) is 3.74. The van der Waals surface area contributed by atoms with Gasteiger partial charge in [-0.25, -0.2) is 0 Å². The summed E-state index contributed by atoms with van der Waals surface area (Å²) in [7, 11) is 1.88. The molecule has 2 unspecified atom stereocenters. The molecule has 0 saturated heterocycles. The Bertz CT molecular complexity index is 417. The van der Waals surface area contributed by atoms with Gasteiger partial charge in [-0.05, 0) is 43.9 Å². The van der Waals surface area contributed by atoms with E-state index in [0.717, 1.165) is 38.2 Å². The Morgan fingerprint density at radius 2 is 2.00 bits per heavy atom. The van der Waals surface area contributed by atoms with Crippen LogP contribution in [0.1, 0.15) is 49.1 Å². The third-order valence-electron chi connectivity index (χ3n) is 3.93. The van der Waals surface area contributed by atoms with Crippen LogP contribution in [-0.2, 0) is 6.18 Å². The van der Waals surface area contributed by atoms with Crippen LogP contribution in [-0.4, -0.2) is 18.1 Å². The lowest BCUT2D eigenvalue weighted by atomic mass is 9.88. The van der Waals surface area contributed by atoms with E-state index in [1.165, 1.54) is 12.4 Å². The van der Waals surface area contributed by atoms with E-state index in [1.807, 2.05) is 7.05 Å². The fourth-order valence-electron chi connectivity index (χ4n) is 2.90. The SMILES string of the molecule is CNC1CCCCC(c2cnccc2C(F)(F)F)C1. The van der Waals surface area contributed by atoms with Crippen molar-refractivity contribution >= 4 is 0 Å². The van der Waals surface area contributed by atoms with Crippen LogP contribution in [0.15, 0.2) is 18.5 Å². The van der Waals surface area contributed by atoms with Crippen LogP contribution in [0.2, 0.25) is 0 Å². The molecule has 0 spiro atoms. The second-order valence-electron chi connectivity index (χ2n) is 5.16. The van der Waals surface area contributed by atoms with Crippen molar-refractivity contribution in [3.63, 3.8) is 0 Å². The van der Waals surface area contributed by atoms with Crippen LogP contribution in [0.25, 0.3) is 0 Å².